The molecule has 0 radical (unpaired) electrons. The normalized spacial score (nSPS) is 20.9. The molecule has 0 saturated carbocycles. The van der Waals surface area contributed by atoms with Gasteiger partial charge in [-0.15, -0.1) is 0 Å². The number of nitrogens with zero attached hydrogens (tertiary/aromatic N) is 1. The highest BCUT2D eigenvalue weighted by molar-refractivity contribution is 7.80. The molecule has 0 aromatic heterocycles. The molecule has 1 unspecified atom stereocenters. The monoisotopic (exact) mass is 244 g/mol. The van der Waals surface area contributed by atoms with Gasteiger partial charge in [-0.3, -0.25) is 0 Å². The van der Waals surface area contributed by atoms with Gasteiger partial charge in [-0.25, -0.2) is 0 Å². The molecule has 1 aliphatic heterocycles. The molecule has 1 atom stereocenters. The lowest BCUT2D eigenvalue weighted by atomic mass is 10.1. The van der Waals surface area contributed by atoms with Gasteiger partial charge in [0, 0.05) is 26.2 Å². The van der Waals surface area contributed by atoms with E-state index < -0.39 is 0 Å². The van der Waals surface area contributed by atoms with Crippen LogP contribution in [0.4, 0.5) is 0 Å². The molecular weight excluding hydrogens is 220 g/mol. The highest BCUT2D eigenvalue weighted by Crippen LogP contribution is 2.13. The summed E-state index contributed by atoms with van der Waals surface area (Å²) < 4.78 is 5.79. The lowest BCUT2D eigenvalue weighted by molar-refractivity contribution is 0.0164. The van der Waals surface area contributed by atoms with Crippen LogP contribution in [0.15, 0.2) is 0 Å². The second-order valence-corrected chi connectivity index (χ2v) is 4.70. The Morgan fingerprint density at radius 3 is 2.94 bits per heavy atom. The second-order valence-electron chi connectivity index (χ2n) is 4.31. The molecule has 0 amide bonds. The Kier molecular flexibility index (Phi) is 6.73. The van der Waals surface area contributed by atoms with Crippen molar-refractivity contribution in [2.75, 3.05) is 26.2 Å². The molecule has 94 valence electrons. The Morgan fingerprint density at radius 1 is 1.44 bits per heavy atom. The van der Waals surface area contributed by atoms with Crippen molar-refractivity contribution in [3.8, 4) is 0 Å². The fourth-order valence-corrected chi connectivity index (χ4v) is 2.15. The van der Waals surface area contributed by atoms with Gasteiger partial charge < -0.3 is 15.0 Å². The Hall–Kier alpha value is -0.350. The van der Waals surface area contributed by atoms with E-state index in [0.717, 1.165) is 44.2 Å². The van der Waals surface area contributed by atoms with Crippen LogP contribution in [-0.4, -0.2) is 42.4 Å². The second kappa shape index (κ2) is 7.85. The first kappa shape index (κ1) is 13.7. The molecule has 1 fully saturated rings. The van der Waals surface area contributed by atoms with Gasteiger partial charge in [0.05, 0.1) is 6.10 Å². The first-order valence-corrected chi connectivity index (χ1v) is 6.83. The molecule has 0 aliphatic carbocycles. The molecule has 0 aromatic carbocycles. The van der Waals surface area contributed by atoms with Crippen molar-refractivity contribution in [1.29, 1.82) is 0 Å². The van der Waals surface area contributed by atoms with Crippen LogP contribution in [0, 0.1) is 0 Å². The van der Waals surface area contributed by atoms with Crippen LogP contribution in [0.25, 0.3) is 0 Å². The average Bonchev–Trinajstić information content (AvgIpc) is 2.33. The van der Waals surface area contributed by atoms with Gasteiger partial charge in [0.25, 0.3) is 0 Å². The van der Waals surface area contributed by atoms with Crippen molar-refractivity contribution in [3.63, 3.8) is 0 Å². The lowest BCUT2D eigenvalue weighted by Gasteiger charge is -2.34. The number of likely N-dealkylation sites (tertiary alicyclic amines) is 1. The zero-order valence-corrected chi connectivity index (χ0v) is 11.3. The van der Waals surface area contributed by atoms with Crippen LogP contribution >= 0.6 is 12.2 Å². The summed E-state index contributed by atoms with van der Waals surface area (Å²) in [5, 5.41) is 4.18. The van der Waals surface area contributed by atoms with E-state index in [9.17, 15) is 0 Å². The molecular formula is C12H24N2OS. The fourth-order valence-electron chi connectivity index (χ4n) is 1.89. The Bertz CT molecular complexity index is 211. The summed E-state index contributed by atoms with van der Waals surface area (Å²) in [7, 11) is 0. The van der Waals surface area contributed by atoms with E-state index in [2.05, 4.69) is 24.1 Å². The quantitative estimate of drug-likeness (QED) is 0.749. The summed E-state index contributed by atoms with van der Waals surface area (Å²) >= 11 is 5.36. The van der Waals surface area contributed by atoms with Crippen LogP contribution in [-0.2, 0) is 4.74 Å². The van der Waals surface area contributed by atoms with Gasteiger partial charge in [-0.1, -0.05) is 13.8 Å². The third-order valence-corrected chi connectivity index (χ3v) is 3.15. The first-order valence-electron chi connectivity index (χ1n) is 6.42. The largest absolute Gasteiger partial charge is 0.376 e. The topological polar surface area (TPSA) is 24.5 Å². The maximum absolute atomic E-state index is 5.79. The smallest absolute Gasteiger partial charge is 0.169 e. The summed E-state index contributed by atoms with van der Waals surface area (Å²) in [5.74, 6) is 0. The van der Waals surface area contributed by atoms with Crippen molar-refractivity contribution >= 4 is 17.3 Å². The number of ether oxygens (including phenoxy) is 1. The molecule has 1 N–H and O–H groups in total. The van der Waals surface area contributed by atoms with Gasteiger partial charge in [0.1, 0.15) is 0 Å². The summed E-state index contributed by atoms with van der Waals surface area (Å²) in [5.41, 5.74) is 0. The minimum absolute atomic E-state index is 0.370. The Morgan fingerprint density at radius 2 is 2.25 bits per heavy atom. The molecule has 16 heavy (non-hydrogen) atoms. The Labute approximate surface area is 105 Å². The molecule has 1 rings (SSSR count). The van der Waals surface area contributed by atoms with E-state index in [1.165, 1.54) is 12.8 Å². The van der Waals surface area contributed by atoms with Crippen molar-refractivity contribution in [2.24, 2.45) is 0 Å². The summed E-state index contributed by atoms with van der Waals surface area (Å²) in [6, 6.07) is 0. The maximum Gasteiger partial charge on any atom is 0.169 e. The third-order valence-electron chi connectivity index (χ3n) is 2.75. The zero-order chi connectivity index (χ0) is 11.8. The molecule has 4 heteroatoms. The molecule has 0 aromatic rings. The van der Waals surface area contributed by atoms with Crippen molar-refractivity contribution in [2.45, 2.75) is 45.6 Å². The number of nitrogens with one attached hydrogen (secondary N) is 1. The van der Waals surface area contributed by atoms with Gasteiger partial charge in [0.2, 0.25) is 0 Å². The number of hydrogen-bond acceptors (Lipinski definition) is 2. The number of hydrogen-bond donors (Lipinski definition) is 1. The van der Waals surface area contributed by atoms with Gasteiger partial charge in [0.15, 0.2) is 5.11 Å². The highest BCUT2D eigenvalue weighted by Gasteiger charge is 2.21. The minimum Gasteiger partial charge on any atom is -0.376 e. The van der Waals surface area contributed by atoms with Crippen LogP contribution in [0.2, 0.25) is 0 Å². The van der Waals surface area contributed by atoms with Crippen molar-refractivity contribution < 1.29 is 4.74 Å². The van der Waals surface area contributed by atoms with Crippen LogP contribution < -0.4 is 5.32 Å². The predicted molar refractivity (Wildman–Crippen MR) is 71.7 cm³/mol. The molecule has 0 bridgehead atoms. The van der Waals surface area contributed by atoms with Gasteiger partial charge >= 0.3 is 0 Å². The minimum atomic E-state index is 0.370. The van der Waals surface area contributed by atoms with E-state index in [-0.39, 0.29) is 0 Å². The summed E-state index contributed by atoms with van der Waals surface area (Å²) in [6.07, 6.45) is 4.93. The number of rotatable bonds is 5. The molecule has 1 heterocycles. The first-order chi connectivity index (χ1) is 7.77. The number of piperidine rings is 1. The SMILES string of the molecule is CCCNC(=S)N1CCCC(OCCC)C1. The predicted octanol–water partition coefficient (Wildman–Crippen LogP) is 2.16. The van der Waals surface area contributed by atoms with Crippen LogP contribution in [0.1, 0.15) is 39.5 Å². The van der Waals surface area contributed by atoms with Crippen molar-refractivity contribution in [1.82, 2.24) is 10.2 Å². The van der Waals surface area contributed by atoms with E-state index in [4.69, 9.17) is 17.0 Å². The molecule has 3 nitrogen and oxygen atoms in total. The Balaban J connectivity index is 2.28. The average molecular weight is 244 g/mol. The zero-order valence-electron chi connectivity index (χ0n) is 10.5. The van der Waals surface area contributed by atoms with Gasteiger partial charge in [-0.05, 0) is 37.9 Å². The van der Waals surface area contributed by atoms with Crippen LogP contribution in [0.5, 0.6) is 0 Å². The van der Waals surface area contributed by atoms with E-state index in [1.807, 2.05) is 0 Å². The number of thiocarbonyl (C=S) groups is 1. The molecule has 1 aliphatic rings. The third kappa shape index (κ3) is 4.66. The van der Waals surface area contributed by atoms with E-state index >= 15 is 0 Å². The van der Waals surface area contributed by atoms with E-state index in [1.54, 1.807) is 0 Å². The van der Waals surface area contributed by atoms with Crippen LogP contribution in [0.3, 0.4) is 0 Å². The highest BCUT2D eigenvalue weighted by atomic mass is 32.1. The lowest BCUT2D eigenvalue weighted by Crippen LogP contribution is -2.47. The summed E-state index contributed by atoms with van der Waals surface area (Å²) in [4.78, 5) is 2.24. The standard InChI is InChI=1S/C12H24N2OS/c1-3-7-13-12(16)14-8-5-6-11(10-14)15-9-4-2/h11H,3-10H2,1-2H3,(H,13,16). The van der Waals surface area contributed by atoms with Gasteiger partial charge in [-0.2, -0.15) is 0 Å². The molecule has 1 saturated heterocycles. The summed E-state index contributed by atoms with van der Waals surface area (Å²) in [6.45, 7) is 8.16. The van der Waals surface area contributed by atoms with E-state index in [0.29, 0.717) is 6.10 Å². The molecule has 0 spiro atoms. The maximum atomic E-state index is 5.79. The van der Waals surface area contributed by atoms with Crippen molar-refractivity contribution in [3.05, 3.63) is 0 Å². The fraction of sp³-hybridized carbons (Fsp3) is 0.917.